The molecular formula is C26H30ClFN5O7P. The van der Waals surface area contributed by atoms with Crippen molar-refractivity contribution in [1.82, 2.24) is 19.5 Å². The number of hydrogen-bond donors (Lipinski definition) is 2. The molecule has 2 aromatic heterocycles. The van der Waals surface area contributed by atoms with E-state index in [1.54, 1.807) is 51.1 Å². The highest BCUT2D eigenvalue weighted by Gasteiger charge is 2.56. The van der Waals surface area contributed by atoms with E-state index in [9.17, 15) is 18.9 Å². The zero-order chi connectivity index (χ0) is 29.8. The molecule has 15 heteroatoms. The van der Waals surface area contributed by atoms with Crippen LogP contribution < -0.4 is 10.3 Å². The van der Waals surface area contributed by atoms with Gasteiger partial charge >= 0.3 is 13.6 Å². The summed E-state index contributed by atoms with van der Waals surface area (Å²) in [4.78, 5) is 22.9. The molecule has 4 rings (SSSR count). The molecule has 3 N–H and O–H groups in total. The molecule has 1 fully saturated rings. The molecule has 1 unspecified atom stereocenters. The number of para-hydroxylation sites is 1. The number of imidazole rings is 1. The van der Waals surface area contributed by atoms with Crippen LogP contribution in [0.3, 0.4) is 0 Å². The molecule has 1 saturated heterocycles. The average molecular weight is 610 g/mol. The predicted molar refractivity (Wildman–Crippen MR) is 148 cm³/mol. The van der Waals surface area contributed by atoms with Gasteiger partial charge in [0.2, 0.25) is 5.95 Å². The van der Waals surface area contributed by atoms with Gasteiger partial charge in [0.25, 0.3) is 0 Å². The molecule has 1 aliphatic heterocycles. The van der Waals surface area contributed by atoms with Crippen LogP contribution in [0.1, 0.15) is 27.0 Å². The normalized spacial score (nSPS) is 24.4. The number of rotatable bonds is 10. The van der Waals surface area contributed by atoms with Crippen molar-refractivity contribution >= 4 is 42.3 Å². The molecular weight excluding hydrogens is 580 g/mol. The molecule has 1 aliphatic rings. The first-order valence-electron chi connectivity index (χ1n) is 12.7. The highest BCUT2D eigenvalue weighted by molar-refractivity contribution is 7.54. The minimum Gasteiger partial charge on any atom is -0.463 e. The lowest BCUT2D eigenvalue weighted by Crippen LogP contribution is -2.41. The summed E-state index contributed by atoms with van der Waals surface area (Å²) < 4.78 is 51.2. The van der Waals surface area contributed by atoms with Crippen molar-refractivity contribution in [3.63, 3.8) is 0 Å². The fourth-order valence-corrected chi connectivity index (χ4v) is 6.41. The van der Waals surface area contributed by atoms with Crippen LogP contribution in [0.25, 0.3) is 11.2 Å². The fourth-order valence-electron chi connectivity index (χ4n) is 4.17. The van der Waals surface area contributed by atoms with E-state index in [1.165, 1.54) is 17.1 Å². The third-order valence-corrected chi connectivity index (χ3v) is 8.59. The number of carbonyl (C=O) groups excluding carboxylic acids is 1. The van der Waals surface area contributed by atoms with Crippen LogP contribution in [0.5, 0.6) is 5.75 Å². The summed E-state index contributed by atoms with van der Waals surface area (Å²) in [5.74, 6) is 3.55. The van der Waals surface area contributed by atoms with Crippen molar-refractivity contribution in [1.29, 1.82) is 0 Å². The van der Waals surface area contributed by atoms with Gasteiger partial charge in [-0.2, -0.15) is 4.98 Å². The van der Waals surface area contributed by atoms with Crippen LogP contribution >= 0.6 is 19.2 Å². The molecule has 6 atom stereocenters. The van der Waals surface area contributed by atoms with E-state index in [4.69, 9.17) is 35.9 Å². The van der Waals surface area contributed by atoms with E-state index in [1.807, 2.05) is 0 Å². The van der Waals surface area contributed by atoms with Gasteiger partial charge in [-0.1, -0.05) is 48.6 Å². The molecule has 0 amide bonds. The SMILES string of the molecule is CC(C)OC(=O)[C@H](C)C[P@](=O)(OC[C@H]1O[C@@H](n2cnc3cnc(N)nc32)C(Cl)(C#CCF)[C@H]1O)Oc1ccccc1. The number of aliphatic hydroxyl groups excluding tert-OH is 1. The van der Waals surface area contributed by atoms with Crippen LogP contribution in [-0.4, -0.2) is 73.2 Å². The maximum absolute atomic E-state index is 14.0. The molecule has 220 valence electrons. The van der Waals surface area contributed by atoms with E-state index < -0.39 is 56.1 Å². The zero-order valence-corrected chi connectivity index (χ0v) is 24.2. The smallest absolute Gasteiger partial charge is 0.380 e. The maximum Gasteiger partial charge on any atom is 0.380 e. The van der Waals surface area contributed by atoms with Crippen molar-refractivity contribution in [2.75, 3.05) is 25.2 Å². The molecule has 12 nitrogen and oxygen atoms in total. The molecule has 0 radical (unpaired) electrons. The minimum atomic E-state index is -4.05. The number of alkyl halides is 2. The number of aliphatic hydroxyl groups is 1. The lowest BCUT2D eigenvalue weighted by molar-refractivity contribution is -0.151. The Balaban J connectivity index is 1.61. The van der Waals surface area contributed by atoms with E-state index in [0.29, 0.717) is 5.52 Å². The van der Waals surface area contributed by atoms with Gasteiger partial charge in [0.15, 0.2) is 16.7 Å². The predicted octanol–water partition coefficient (Wildman–Crippen LogP) is 3.49. The zero-order valence-electron chi connectivity index (χ0n) is 22.5. The summed E-state index contributed by atoms with van der Waals surface area (Å²) in [6.07, 6.45) is -1.96. The van der Waals surface area contributed by atoms with Crippen molar-refractivity contribution in [3.05, 3.63) is 42.9 Å². The van der Waals surface area contributed by atoms with Gasteiger partial charge in [-0.15, -0.1) is 0 Å². The average Bonchev–Trinajstić information content (AvgIpc) is 3.44. The number of halogens is 2. The first-order valence-corrected chi connectivity index (χ1v) is 14.8. The maximum atomic E-state index is 14.0. The Hall–Kier alpha value is -3.27. The Bertz CT molecular complexity index is 1480. The number of hydrogen-bond acceptors (Lipinski definition) is 11. The monoisotopic (exact) mass is 609 g/mol. The summed E-state index contributed by atoms with van der Waals surface area (Å²) in [6, 6.07) is 8.28. The van der Waals surface area contributed by atoms with Gasteiger partial charge in [0, 0.05) is 0 Å². The Morgan fingerprint density at radius 3 is 2.73 bits per heavy atom. The number of nitrogen functional groups attached to an aromatic ring is 1. The highest BCUT2D eigenvalue weighted by atomic mass is 35.5. The van der Waals surface area contributed by atoms with Gasteiger partial charge < -0.3 is 24.8 Å². The standard InChI is InChI=1S/C26H30ClFN5O7P/c1-16(2)38-23(35)17(3)14-41(36,40-18-8-5-4-6-9-18)37-13-20-21(34)26(27,10-7-11-28)24(39-20)33-15-31-19-12-30-25(29)32-22(19)33/h4-6,8-9,12,15-17,20-21,24,34H,11,13-14H2,1-3H3,(H2,29,30,32)/t17-,20-,21+,24-,26?,41+/m1/s1. The van der Waals surface area contributed by atoms with Crippen molar-refractivity contribution in [2.24, 2.45) is 5.92 Å². The largest absolute Gasteiger partial charge is 0.463 e. The third-order valence-electron chi connectivity index (χ3n) is 6.05. The number of nitrogens with zero attached hydrogens (tertiary/aromatic N) is 4. The number of anilines is 1. The second kappa shape index (κ2) is 12.7. The first kappa shape index (κ1) is 30.7. The second-order valence-electron chi connectivity index (χ2n) is 9.64. The van der Waals surface area contributed by atoms with Gasteiger partial charge in [0.1, 0.15) is 30.1 Å². The number of nitrogens with two attached hydrogens (primary N) is 1. The number of aromatic nitrogens is 4. The van der Waals surface area contributed by atoms with Crippen LogP contribution in [0.4, 0.5) is 10.3 Å². The quantitative estimate of drug-likeness (QED) is 0.150. The highest BCUT2D eigenvalue weighted by Crippen LogP contribution is 2.52. The second-order valence-corrected chi connectivity index (χ2v) is 12.3. The molecule has 0 spiro atoms. The molecule has 3 aromatic rings. The summed E-state index contributed by atoms with van der Waals surface area (Å²) in [6.45, 7) is 3.43. The van der Waals surface area contributed by atoms with Crippen molar-refractivity contribution in [3.8, 4) is 17.6 Å². The molecule has 0 aliphatic carbocycles. The van der Waals surface area contributed by atoms with Gasteiger partial charge in [0.05, 0.1) is 37.3 Å². The van der Waals surface area contributed by atoms with Crippen molar-refractivity contribution in [2.45, 2.75) is 50.2 Å². The topological polar surface area (TPSA) is 161 Å². The van der Waals surface area contributed by atoms with Crippen LogP contribution in [-0.2, 0) is 23.4 Å². The lowest BCUT2D eigenvalue weighted by atomic mass is 9.99. The summed E-state index contributed by atoms with van der Waals surface area (Å²) in [5, 5.41) is 11.2. The van der Waals surface area contributed by atoms with Crippen molar-refractivity contribution < 1.29 is 37.4 Å². The first-order chi connectivity index (χ1) is 19.5. The Morgan fingerprint density at radius 2 is 2.05 bits per heavy atom. The summed E-state index contributed by atoms with van der Waals surface area (Å²) >= 11 is 6.79. The summed E-state index contributed by atoms with van der Waals surface area (Å²) in [5.41, 5.74) is 6.33. The molecule has 0 bridgehead atoms. The number of ether oxygens (including phenoxy) is 2. The molecule has 41 heavy (non-hydrogen) atoms. The van der Waals surface area contributed by atoms with Gasteiger partial charge in [-0.25, -0.2) is 18.9 Å². The molecule has 1 aromatic carbocycles. The third kappa shape index (κ3) is 6.97. The number of fused-ring (bicyclic) bond motifs is 1. The van der Waals surface area contributed by atoms with Crippen LogP contribution in [0.15, 0.2) is 42.9 Å². The minimum absolute atomic E-state index is 0.0446. The van der Waals surface area contributed by atoms with E-state index in [0.717, 1.165) is 0 Å². The van der Waals surface area contributed by atoms with Gasteiger partial charge in [-0.05, 0) is 26.0 Å². The Labute approximate surface area is 240 Å². The lowest BCUT2D eigenvalue weighted by Gasteiger charge is -2.26. The Kier molecular flexibility index (Phi) is 9.51. The van der Waals surface area contributed by atoms with Crippen LogP contribution in [0, 0.1) is 17.8 Å². The Morgan fingerprint density at radius 1 is 1.32 bits per heavy atom. The number of benzene rings is 1. The van der Waals surface area contributed by atoms with E-state index in [-0.39, 0.29) is 29.6 Å². The molecule has 3 heterocycles. The van der Waals surface area contributed by atoms with Gasteiger partial charge in [-0.3, -0.25) is 13.9 Å². The number of esters is 1. The fraction of sp³-hybridized carbons (Fsp3) is 0.462. The summed E-state index contributed by atoms with van der Waals surface area (Å²) in [7, 11) is -4.05. The number of carbonyl (C=O) groups is 1. The van der Waals surface area contributed by atoms with E-state index in [2.05, 4.69) is 26.8 Å². The van der Waals surface area contributed by atoms with Crippen LogP contribution in [0.2, 0.25) is 0 Å². The molecule has 0 saturated carbocycles. The van der Waals surface area contributed by atoms with E-state index >= 15 is 0 Å².